The van der Waals surface area contributed by atoms with Crippen molar-refractivity contribution in [3.63, 3.8) is 0 Å². The monoisotopic (exact) mass is 489 g/mol. The average Bonchev–Trinajstić information content (AvgIpc) is 3.28. The van der Waals surface area contributed by atoms with Gasteiger partial charge in [-0.2, -0.15) is 0 Å². The molecule has 176 valence electrons. The Morgan fingerprint density at radius 1 is 0.611 bits per heavy atom. The zero-order chi connectivity index (χ0) is 24.6. The number of hydrogen-bond acceptors (Lipinski definition) is 3. The third kappa shape index (κ3) is 3.02. The molecule has 4 nitrogen and oxygen atoms in total. The molecule has 0 saturated carbocycles. The Balaban J connectivity index is 1.78. The van der Waals surface area contributed by atoms with E-state index in [1.54, 1.807) is 12.1 Å². The van der Waals surface area contributed by atoms with Gasteiger partial charge < -0.3 is 0 Å². The van der Waals surface area contributed by atoms with Crippen LogP contribution in [0.4, 0.5) is 5.69 Å². The van der Waals surface area contributed by atoms with Crippen LogP contribution in [0.2, 0.25) is 0 Å². The summed E-state index contributed by atoms with van der Waals surface area (Å²) in [5, 5.41) is 16.1. The average molecular weight is 490 g/mol. The molecule has 0 fully saturated rings. The zero-order valence-corrected chi connectivity index (χ0v) is 20.4. The molecule has 0 radical (unpaired) electrons. The van der Waals surface area contributed by atoms with E-state index in [0.717, 1.165) is 32.3 Å². The molecule has 5 heteroatoms. The van der Waals surface area contributed by atoms with E-state index in [9.17, 15) is 10.1 Å². The quantitative estimate of drug-likeness (QED) is 0.179. The van der Waals surface area contributed by atoms with Crippen LogP contribution in [-0.2, 0) is 4.52 Å². The van der Waals surface area contributed by atoms with Gasteiger partial charge in [0.15, 0.2) is 0 Å². The Kier molecular flexibility index (Phi) is 5.30. The molecule has 0 amide bonds. The zero-order valence-electron chi connectivity index (χ0n) is 19.5. The van der Waals surface area contributed by atoms with Crippen molar-refractivity contribution >= 4 is 33.7 Å². The fraction of sp³-hybridized carbons (Fsp3) is 0.0323. The third-order valence-electron chi connectivity index (χ3n) is 7.13. The van der Waals surface area contributed by atoms with E-state index in [0.29, 0.717) is 0 Å². The Morgan fingerprint density at radius 3 is 1.64 bits per heavy atom. The predicted molar refractivity (Wildman–Crippen MR) is 147 cm³/mol. The van der Waals surface area contributed by atoms with E-state index in [4.69, 9.17) is 4.52 Å². The van der Waals surface area contributed by atoms with Gasteiger partial charge >= 0.3 is 210 Å². The first-order valence-electron chi connectivity index (χ1n) is 11.9. The van der Waals surface area contributed by atoms with Gasteiger partial charge in [0, 0.05) is 0 Å². The van der Waals surface area contributed by atoms with Crippen LogP contribution in [0.1, 0.15) is 17.2 Å². The van der Waals surface area contributed by atoms with Gasteiger partial charge in [-0.15, -0.1) is 0 Å². The van der Waals surface area contributed by atoms with E-state index in [2.05, 4.69) is 91.0 Å². The molecular weight excluding hydrogens is 465 g/mol. The molecular formula is C31H24NO3P. The molecule has 1 aliphatic heterocycles. The standard InChI is InChI=1S/C31H24NO3P/c33-32(34)25-14-12-13-24(23-25)31-29-21-10-11-22-30(29)36(35-31,26-15-4-1-5-16-26,27-17-6-2-7-18-27)28-19-8-3-9-20-28/h1-23,31H. The molecule has 1 heterocycles. The molecule has 36 heavy (non-hydrogen) atoms. The summed E-state index contributed by atoms with van der Waals surface area (Å²) in [6.45, 7) is -3.72. The van der Waals surface area contributed by atoms with Crippen LogP contribution in [0, 0.1) is 10.1 Å². The van der Waals surface area contributed by atoms with Gasteiger partial charge in [-0.05, 0) is 0 Å². The second kappa shape index (κ2) is 8.53. The summed E-state index contributed by atoms with van der Waals surface area (Å²) in [5.74, 6) is 0. The van der Waals surface area contributed by atoms with Crippen LogP contribution in [0.3, 0.4) is 0 Å². The van der Waals surface area contributed by atoms with Gasteiger partial charge in [0.2, 0.25) is 0 Å². The first-order chi connectivity index (χ1) is 17.6. The van der Waals surface area contributed by atoms with Gasteiger partial charge in [-0.3, -0.25) is 0 Å². The SMILES string of the molecule is O=[N+]([O-])c1cccc(C2OP(c3ccccc3)(c3ccccc3)(c3ccccc3)c3ccccc32)c1. The summed E-state index contributed by atoms with van der Waals surface area (Å²) in [5.41, 5.74) is 1.86. The van der Waals surface area contributed by atoms with Gasteiger partial charge in [0.05, 0.1) is 0 Å². The van der Waals surface area contributed by atoms with Crippen LogP contribution in [0.25, 0.3) is 0 Å². The van der Waals surface area contributed by atoms with E-state index in [-0.39, 0.29) is 10.6 Å². The van der Waals surface area contributed by atoms with Crippen molar-refractivity contribution in [3.8, 4) is 0 Å². The van der Waals surface area contributed by atoms with Crippen LogP contribution < -0.4 is 21.2 Å². The molecule has 0 spiro atoms. The summed E-state index contributed by atoms with van der Waals surface area (Å²) >= 11 is 0. The summed E-state index contributed by atoms with van der Waals surface area (Å²) < 4.78 is 7.59. The van der Waals surface area contributed by atoms with Crippen molar-refractivity contribution < 1.29 is 9.45 Å². The number of hydrogen-bond donors (Lipinski definition) is 0. The van der Waals surface area contributed by atoms with Crippen molar-refractivity contribution in [3.05, 3.63) is 161 Å². The number of fused-ring (bicyclic) bond motifs is 1. The second-order valence-electron chi connectivity index (χ2n) is 8.94. The summed E-state index contributed by atoms with van der Waals surface area (Å²) in [4.78, 5) is 11.3. The van der Waals surface area contributed by atoms with Crippen molar-refractivity contribution in [1.29, 1.82) is 0 Å². The molecule has 0 saturated heterocycles. The van der Waals surface area contributed by atoms with Gasteiger partial charge in [-0.25, -0.2) is 0 Å². The predicted octanol–water partition coefficient (Wildman–Crippen LogP) is 5.78. The first-order valence-corrected chi connectivity index (χ1v) is 14.0. The van der Waals surface area contributed by atoms with Crippen molar-refractivity contribution in [2.45, 2.75) is 6.10 Å². The van der Waals surface area contributed by atoms with Crippen molar-refractivity contribution in [2.24, 2.45) is 0 Å². The topological polar surface area (TPSA) is 52.4 Å². The van der Waals surface area contributed by atoms with Gasteiger partial charge in [0.1, 0.15) is 0 Å². The van der Waals surface area contributed by atoms with Gasteiger partial charge in [-0.1, -0.05) is 0 Å². The molecule has 0 aromatic heterocycles. The normalized spacial score (nSPS) is 18.4. The number of nitro benzene ring substituents is 1. The molecule has 0 N–H and O–H groups in total. The molecule has 1 aliphatic rings. The van der Waals surface area contributed by atoms with Crippen molar-refractivity contribution in [2.75, 3.05) is 0 Å². The third-order valence-corrected chi connectivity index (χ3v) is 12.9. The van der Waals surface area contributed by atoms with Crippen LogP contribution >= 0.6 is 6.83 Å². The molecule has 6 rings (SSSR count). The van der Waals surface area contributed by atoms with Crippen LogP contribution in [0.15, 0.2) is 140 Å². The van der Waals surface area contributed by atoms with E-state index in [1.165, 1.54) is 6.07 Å². The molecule has 5 aromatic carbocycles. The Labute approximate surface area is 210 Å². The first kappa shape index (κ1) is 22.4. The number of nitro groups is 1. The molecule has 5 aromatic rings. The minimum absolute atomic E-state index is 0.0555. The van der Waals surface area contributed by atoms with E-state index in [1.807, 2.05) is 30.3 Å². The number of benzene rings is 5. The molecule has 0 bridgehead atoms. The molecule has 1 atom stereocenters. The Bertz CT molecular complexity index is 1460. The Morgan fingerprint density at radius 2 is 1.11 bits per heavy atom. The van der Waals surface area contributed by atoms with Crippen LogP contribution in [-0.4, -0.2) is 4.92 Å². The fourth-order valence-electron chi connectivity index (χ4n) is 5.65. The Hall–Kier alpha value is -4.11. The summed E-state index contributed by atoms with van der Waals surface area (Å²) in [6.07, 6.45) is -0.473. The summed E-state index contributed by atoms with van der Waals surface area (Å²) in [7, 11) is 0. The summed E-state index contributed by atoms with van der Waals surface area (Å²) in [6, 6.07) is 46.5. The maximum atomic E-state index is 11.6. The fourth-order valence-corrected chi connectivity index (χ4v) is 11.8. The molecule has 1 unspecified atom stereocenters. The maximum absolute atomic E-state index is 11.6. The van der Waals surface area contributed by atoms with E-state index < -0.39 is 12.9 Å². The number of non-ortho nitro benzene ring substituents is 1. The van der Waals surface area contributed by atoms with Gasteiger partial charge in [0.25, 0.3) is 0 Å². The van der Waals surface area contributed by atoms with Crippen molar-refractivity contribution in [1.82, 2.24) is 0 Å². The molecule has 0 aliphatic carbocycles. The number of nitrogens with zero attached hydrogens (tertiary/aromatic N) is 1. The van der Waals surface area contributed by atoms with Crippen LogP contribution in [0.5, 0.6) is 0 Å². The van der Waals surface area contributed by atoms with E-state index >= 15 is 0 Å². The minimum atomic E-state index is -3.72. The number of rotatable bonds is 5. The second-order valence-corrected chi connectivity index (χ2v) is 13.3.